The molecule has 2 aromatic rings. The second-order valence-electron chi connectivity index (χ2n) is 8.40. The largest absolute Gasteiger partial charge is 0.297 e. The fourth-order valence-corrected chi connectivity index (χ4v) is 5.29. The van der Waals surface area contributed by atoms with Crippen LogP contribution in [0.1, 0.15) is 59.9 Å². The van der Waals surface area contributed by atoms with Gasteiger partial charge in [0.05, 0.1) is 4.90 Å². The van der Waals surface area contributed by atoms with Gasteiger partial charge < -0.3 is 0 Å². The highest BCUT2D eigenvalue weighted by Gasteiger charge is 2.27. The molecule has 33 heavy (non-hydrogen) atoms. The van der Waals surface area contributed by atoms with Crippen molar-refractivity contribution in [1.82, 2.24) is 20.1 Å². The number of hydrogen-bond acceptors (Lipinski definition) is 5. The number of rotatable bonds is 8. The molecule has 0 saturated carbocycles. The Kier molecular flexibility index (Phi) is 8.23. The molecule has 0 aliphatic carbocycles. The van der Waals surface area contributed by atoms with Gasteiger partial charge >= 0.3 is 0 Å². The van der Waals surface area contributed by atoms with E-state index < -0.39 is 21.8 Å². The number of hydrazine groups is 1. The quantitative estimate of drug-likeness (QED) is 0.576. The molecule has 0 bridgehead atoms. The fourth-order valence-electron chi connectivity index (χ4n) is 3.77. The number of carbonyl (C=O) groups is 2. The lowest BCUT2D eigenvalue weighted by Crippen LogP contribution is -2.41. The van der Waals surface area contributed by atoms with Crippen LogP contribution in [-0.4, -0.2) is 55.1 Å². The first-order valence-corrected chi connectivity index (χ1v) is 12.7. The van der Waals surface area contributed by atoms with E-state index in [1.54, 1.807) is 12.1 Å². The minimum atomic E-state index is -3.53. The zero-order valence-corrected chi connectivity index (χ0v) is 20.2. The first-order valence-electron chi connectivity index (χ1n) is 11.3. The molecule has 0 atom stereocenters. The van der Waals surface area contributed by atoms with Crippen molar-refractivity contribution in [3.8, 4) is 0 Å². The zero-order valence-electron chi connectivity index (χ0n) is 19.4. The maximum atomic E-state index is 12.6. The zero-order chi connectivity index (χ0) is 24.0. The van der Waals surface area contributed by atoms with Crippen molar-refractivity contribution in [3.05, 3.63) is 65.2 Å². The van der Waals surface area contributed by atoms with E-state index in [0.29, 0.717) is 24.7 Å². The molecule has 1 aliphatic rings. The average Bonchev–Trinajstić information content (AvgIpc) is 3.37. The standard InChI is InChI=1S/C24H32N4O4S/c1-4-27(18(2)3)17-19-7-9-20(10-8-19)23(29)25-26-24(30)21-11-13-22(14-12-21)33(31,32)28-15-5-6-16-28/h7-14,18H,4-6,15-17H2,1-3H3,(H,25,29)(H,26,30). The van der Waals surface area contributed by atoms with Crippen LogP contribution in [0.4, 0.5) is 0 Å². The lowest BCUT2D eigenvalue weighted by Gasteiger charge is -2.24. The molecule has 2 N–H and O–H groups in total. The molecule has 1 heterocycles. The predicted molar refractivity (Wildman–Crippen MR) is 127 cm³/mol. The minimum Gasteiger partial charge on any atom is -0.297 e. The summed E-state index contributed by atoms with van der Waals surface area (Å²) in [6.07, 6.45) is 1.72. The Morgan fingerprint density at radius 3 is 1.85 bits per heavy atom. The van der Waals surface area contributed by atoms with Gasteiger partial charge in [-0.15, -0.1) is 0 Å². The Hall–Kier alpha value is -2.75. The van der Waals surface area contributed by atoms with Crippen LogP contribution in [0, 0.1) is 0 Å². The number of benzene rings is 2. The summed E-state index contributed by atoms with van der Waals surface area (Å²) in [5, 5.41) is 0. The first-order chi connectivity index (χ1) is 15.7. The summed E-state index contributed by atoms with van der Waals surface area (Å²) in [5.41, 5.74) is 6.56. The van der Waals surface area contributed by atoms with E-state index in [4.69, 9.17) is 0 Å². The number of carbonyl (C=O) groups excluding carboxylic acids is 2. The molecule has 9 heteroatoms. The second kappa shape index (κ2) is 10.9. The predicted octanol–water partition coefficient (Wildman–Crippen LogP) is 2.78. The minimum absolute atomic E-state index is 0.157. The molecule has 0 spiro atoms. The Morgan fingerprint density at radius 2 is 1.39 bits per heavy atom. The SMILES string of the molecule is CCN(Cc1ccc(C(=O)NNC(=O)c2ccc(S(=O)(=O)N3CCCC3)cc2)cc1)C(C)C. The number of nitrogens with zero attached hydrogens (tertiary/aromatic N) is 2. The first kappa shape index (κ1) is 24.9. The summed E-state index contributed by atoms with van der Waals surface area (Å²) in [7, 11) is -3.53. The Balaban J connectivity index is 1.55. The summed E-state index contributed by atoms with van der Waals surface area (Å²) < 4.78 is 26.6. The van der Waals surface area contributed by atoms with Gasteiger partial charge in [0, 0.05) is 36.8 Å². The molecule has 0 aromatic heterocycles. The van der Waals surface area contributed by atoms with Gasteiger partial charge in [0.2, 0.25) is 10.0 Å². The number of nitrogens with one attached hydrogen (secondary N) is 2. The third-order valence-corrected chi connectivity index (χ3v) is 7.76. The molecular formula is C24H32N4O4S. The van der Waals surface area contributed by atoms with Crippen LogP contribution in [0.2, 0.25) is 0 Å². The van der Waals surface area contributed by atoms with Crippen molar-refractivity contribution >= 4 is 21.8 Å². The summed E-state index contributed by atoms with van der Waals surface area (Å²) in [6, 6.07) is 13.4. The van der Waals surface area contributed by atoms with Gasteiger partial charge in [0.1, 0.15) is 0 Å². The van der Waals surface area contributed by atoms with Gasteiger partial charge in [-0.25, -0.2) is 8.42 Å². The third-order valence-electron chi connectivity index (χ3n) is 5.85. The topological polar surface area (TPSA) is 98.8 Å². The van der Waals surface area contributed by atoms with E-state index in [0.717, 1.165) is 31.5 Å². The highest BCUT2D eigenvalue weighted by molar-refractivity contribution is 7.89. The highest BCUT2D eigenvalue weighted by atomic mass is 32.2. The molecule has 2 amide bonds. The van der Waals surface area contributed by atoms with E-state index in [-0.39, 0.29) is 10.5 Å². The Bertz CT molecular complexity index is 1060. The number of hydrogen-bond donors (Lipinski definition) is 2. The molecule has 1 fully saturated rings. The molecule has 0 radical (unpaired) electrons. The van der Waals surface area contributed by atoms with Crippen molar-refractivity contribution in [2.75, 3.05) is 19.6 Å². The maximum Gasteiger partial charge on any atom is 0.269 e. The Labute approximate surface area is 196 Å². The van der Waals surface area contributed by atoms with Crippen LogP contribution >= 0.6 is 0 Å². The van der Waals surface area contributed by atoms with Gasteiger partial charge in [-0.1, -0.05) is 19.1 Å². The molecule has 3 rings (SSSR count). The molecular weight excluding hydrogens is 440 g/mol. The van der Waals surface area contributed by atoms with Gasteiger partial charge in [0.15, 0.2) is 0 Å². The van der Waals surface area contributed by atoms with Crippen molar-refractivity contribution in [2.24, 2.45) is 0 Å². The molecule has 2 aromatic carbocycles. The Morgan fingerprint density at radius 1 is 0.909 bits per heavy atom. The summed E-state index contributed by atoms with van der Waals surface area (Å²) in [6.45, 7) is 9.19. The molecule has 178 valence electrons. The van der Waals surface area contributed by atoms with E-state index in [9.17, 15) is 18.0 Å². The van der Waals surface area contributed by atoms with E-state index in [2.05, 4.69) is 36.5 Å². The van der Waals surface area contributed by atoms with Crippen LogP contribution in [0.3, 0.4) is 0 Å². The second-order valence-corrected chi connectivity index (χ2v) is 10.3. The van der Waals surface area contributed by atoms with Gasteiger partial charge in [-0.3, -0.25) is 25.3 Å². The van der Waals surface area contributed by atoms with Crippen LogP contribution in [-0.2, 0) is 16.6 Å². The molecule has 1 saturated heterocycles. The smallest absolute Gasteiger partial charge is 0.269 e. The monoisotopic (exact) mass is 472 g/mol. The molecule has 8 nitrogen and oxygen atoms in total. The number of sulfonamides is 1. The van der Waals surface area contributed by atoms with E-state index in [1.165, 1.54) is 28.6 Å². The van der Waals surface area contributed by atoms with Crippen molar-refractivity contribution in [2.45, 2.75) is 51.1 Å². The lowest BCUT2D eigenvalue weighted by atomic mass is 10.1. The summed E-state index contributed by atoms with van der Waals surface area (Å²) in [5.74, 6) is -0.958. The average molecular weight is 473 g/mol. The normalized spacial score (nSPS) is 14.6. The van der Waals surface area contributed by atoms with Gasteiger partial charge in [0.25, 0.3) is 11.8 Å². The third kappa shape index (κ3) is 6.19. The van der Waals surface area contributed by atoms with Crippen molar-refractivity contribution in [3.63, 3.8) is 0 Å². The van der Waals surface area contributed by atoms with E-state index in [1.807, 2.05) is 12.1 Å². The van der Waals surface area contributed by atoms with Crippen LogP contribution < -0.4 is 10.9 Å². The van der Waals surface area contributed by atoms with Crippen molar-refractivity contribution < 1.29 is 18.0 Å². The molecule has 1 aliphatic heterocycles. The van der Waals surface area contributed by atoms with Crippen LogP contribution in [0.5, 0.6) is 0 Å². The van der Waals surface area contributed by atoms with Gasteiger partial charge in [-0.05, 0) is 75.2 Å². The molecule has 0 unspecified atom stereocenters. The summed E-state index contributed by atoms with van der Waals surface area (Å²) in [4.78, 5) is 27.2. The van der Waals surface area contributed by atoms with E-state index >= 15 is 0 Å². The highest BCUT2D eigenvalue weighted by Crippen LogP contribution is 2.21. The lowest BCUT2D eigenvalue weighted by molar-refractivity contribution is 0.0846. The van der Waals surface area contributed by atoms with Crippen LogP contribution in [0.25, 0.3) is 0 Å². The van der Waals surface area contributed by atoms with Crippen molar-refractivity contribution in [1.29, 1.82) is 0 Å². The number of amides is 2. The summed E-state index contributed by atoms with van der Waals surface area (Å²) >= 11 is 0. The van der Waals surface area contributed by atoms with Gasteiger partial charge in [-0.2, -0.15) is 4.31 Å². The van der Waals surface area contributed by atoms with Crippen LogP contribution in [0.15, 0.2) is 53.4 Å². The maximum absolute atomic E-state index is 12.6. The fraction of sp³-hybridized carbons (Fsp3) is 0.417.